The van der Waals surface area contributed by atoms with E-state index >= 15 is 0 Å². The standard InChI is InChI=1S/C14H17BrN2/c15-14-6-5-12(9-17-14)11-4-3-10-2-1-7-16-13(10)8-11/h5-6,8-10,13,16H,1-4,7H2/t10-,13+/m1/s1. The number of pyridine rings is 1. The van der Waals surface area contributed by atoms with Crippen LogP contribution in [0.3, 0.4) is 0 Å². The van der Waals surface area contributed by atoms with Gasteiger partial charge in [-0.3, -0.25) is 0 Å². The molecule has 0 radical (unpaired) electrons. The molecule has 1 fully saturated rings. The Labute approximate surface area is 111 Å². The Morgan fingerprint density at radius 3 is 3.06 bits per heavy atom. The van der Waals surface area contributed by atoms with Crippen LogP contribution < -0.4 is 5.32 Å². The molecule has 0 bridgehead atoms. The third-order valence-corrected chi connectivity index (χ3v) is 4.37. The van der Waals surface area contributed by atoms with Crippen LogP contribution in [0.4, 0.5) is 0 Å². The van der Waals surface area contributed by atoms with Gasteiger partial charge in [0.05, 0.1) is 0 Å². The first-order valence-electron chi connectivity index (χ1n) is 6.39. The van der Waals surface area contributed by atoms with Gasteiger partial charge < -0.3 is 5.32 Å². The summed E-state index contributed by atoms with van der Waals surface area (Å²) in [7, 11) is 0. The molecule has 17 heavy (non-hydrogen) atoms. The Morgan fingerprint density at radius 1 is 1.29 bits per heavy atom. The normalized spacial score (nSPS) is 28.4. The zero-order valence-corrected chi connectivity index (χ0v) is 11.4. The van der Waals surface area contributed by atoms with E-state index in [0.29, 0.717) is 6.04 Å². The highest BCUT2D eigenvalue weighted by molar-refractivity contribution is 9.10. The maximum atomic E-state index is 4.31. The summed E-state index contributed by atoms with van der Waals surface area (Å²) in [5.74, 6) is 0.857. The van der Waals surface area contributed by atoms with Crippen LogP contribution in [0.2, 0.25) is 0 Å². The van der Waals surface area contributed by atoms with E-state index in [1.165, 1.54) is 43.4 Å². The molecule has 1 aliphatic carbocycles. The second-order valence-corrected chi connectivity index (χ2v) is 5.79. The average molecular weight is 293 g/mol. The van der Waals surface area contributed by atoms with E-state index in [2.05, 4.69) is 38.4 Å². The topological polar surface area (TPSA) is 24.9 Å². The van der Waals surface area contributed by atoms with Crippen molar-refractivity contribution in [3.05, 3.63) is 34.6 Å². The fourth-order valence-electron chi connectivity index (χ4n) is 2.95. The summed E-state index contributed by atoms with van der Waals surface area (Å²) in [6.45, 7) is 1.17. The summed E-state index contributed by atoms with van der Waals surface area (Å²) >= 11 is 3.38. The van der Waals surface area contributed by atoms with E-state index in [9.17, 15) is 0 Å². The maximum Gasteiger partial charge on any atom is 0.106 e. The van der Waals surface area contributed by atoms with Gasteiger partial charge >= 0.3 is 0 Å². The van der Waals surface area contributed by atoms with E-state index < -0.39 is 0 Å². The van der Waals surface area contributed by atoms with Gasteiger partial charge in [-0.05, 0) is 71.3 Å². The van der Waals surface area contributed by atoms with Crippen LogP contribution in [0.25, 0.3) is 5.57 Å². The predicted octanol–water partition coefficient (Wildman–Crippen LogP) is 3.39. The number of nitrogens with one attached hydrogen (secondary N) is 1. The molecule has 90 valence electrons. The molecular weight excluding hydrogens is 276 g/mol. The molecule has 0 aromatic carbocycles. The predicted molar refractivity (Wildman–Crippen MR) is 73.7 cm³/mol. The quantitative estimate of drug-likeness (QED) is 0.803. The van der Waals surface area contributed by atoms with Crippen LogP contribution in [-0.4, -0.2) is 17.6 Å². The van der Waals surface area contributed by atoms with Crippen molar-refractivity contribution in [1.82, 2.24) is 10.3 Å². The summed E-state index contributed by atoms with van der Waals surface area (Å²) in [6, 6.07) is 4.78. The monoisotopic (exact) mass is 292 g/mol. The smallest absolute Gasteiger partial charge is 0.106 e. The van der Waals surface area contributed by atoms with Crippen molar-refractivity contribution in [1.29, 1.82) is 0 Å². The number of hydrogen-bond donors (Lipinski definition) is 1. The van der Waals surface area contributed by atoms with Crippen LogP contribution in [0.1, 0.15) is 31.2 Å². The third kappa shape index (κ3) is 2.45. The summed E-state index contributed by atoms with van der Waals surface area (Å²) in [5.41, 5.74) is 2.74. The molecule has 3 heteroatoms. The largest absolute Gasteiger partial charge is 0.310 e. The Bertz CT molecular complexity index is 424. The molecule has 2 aliphatic rings. The molecule has 0 unspecified atom stereocenters. The van der Waals surface area contributed by atoms with Crippen LogP contribution >= 0.6 is 15.9 Å². The average Bonchev–Trinajstić information content (AvgIpc) is 2.39. The minimum absolute atomic E-state index is 0.594. The lowest BCUT2D eigenvalue weighted by Crippen LogP contribution is -2.41. The molecular formula is C14H17BrN2. The van der Waals surface area contributed by atoms with Gasteiger partial charge in [-0.1, -0.05) is 12.1 Å². The first-order chi connectivity index (χ1) is 8.33. The summed E-state index contributed by atoms with van der Waals surface area (Å²) in [4.78, 5) is 4.31. The zero-order valence-electron chi connectivity index (χ0n) is 9.82. The summed E-state index contributed by atoms with van der Waals surface area (Å²) in [6.07, 6.45) is 9.65. The van der Waals surface area contributed by atoms with Crippen LogP contribution in [0.5, 0.6) is 0 Å². The molecule has 1 aromatic rings. The number of aromatic nitrogens is 1. The molecule has 0 spiro atoms. The van der Waals surface area contributed by atoms with Gasteiger partial charge in [0.15, 0.2) is 0 Å². The second-order valence-electron chi connectivity index (χ2n) is 4.98. The van der Waals surface area contributed by atoms with Crippen molar-refractivity contribution in [2.75, 3.05) is 6.54 Å². The molecule has 3 rings (SSSR count). The lowest BCUT2D eigenvalue weighted by molar-refractivity contribution is 0.298. The van der Waals surface area contributed by atoms with E-state index in [1.54, 1.807) is 0 Å². The van der Waals surface area contributed by atoms with Crippen LogP contribution in [0, 0.1) is 5.92 Å². The lowest BCUT2D eigenvalue weighted by Gasteiger charge is -2.35. The first-order valence-corrected chi connectivity index (χ1v) is 7.18. The highest BCUT2D eigenvalue weighted by atomic mass is 79.9. The second kappa shape index (κ2) is 4.91. The minimum atomic E-state index is 0.594. The Balaban J connectivity index is 1.84. The van der Waals surface area contributed by atoms with E-state index in [0.717, 1.165) is 10.5 Å². The summed E-state index contributed by atoms with van der Waals surface area (Å²) < 4.78 is 0.909. The first kappa shape index (κ1) is 11.4. The summed E-state index contributed by atoms with van der Waals surface area (Å²) in [5, 5.41) is 3.63. The minimum Gasteiger partial charge on any atom is -0.310 e. The molecule has 2 atom stereocenters. The molecule has 1 saturated heterocycles. The number of nitrogens with zero attached hydrogens (tertiary/aromatic N) is 1. The number of halogens is 1. The van der Waals surface area contributed by atoms with Crippen molar-refractivity contribution < 1.29 is 0 Å². The lowest BCUT2D eigenvalue weighted by atomic mass is 9.79. The van der Waals surface area contributed by atoms with Gasteiger partial charge in [-0.15, -0.1) is 0 Å². The number of rotatable bonds is 1. The van der Waals surface area contributed by atoms with Crippen molar-refractivity contribution in [2.45, 2.75) is 31.7 Å². The van der Waals surface area contributed by atoms with E-state index in [1.807, 2.05) is 12.3 Å². The fraction of sp³-hybridized carbons (Fsp3) is 0.500. The third-order valence-electron chi connectivity index (χ3n) is 3.90. The van der Waals surface area contributed by atoms with Gasteiger partial charge in [0.1, 0.15) is 4.60 Å². The van der Waals surface area contributed by atoms with Gasteiger partial charge in [0.2, 0.25) is 0 Å². The van der Waals surface area contributed by atoms with Crippen molar-refractivity contribution in [3.8, 4) is 0 Å². The van der Waals surface area contributed by atoms with Gasteiger partial charge in [-0.2, -0.15) is 0 Å². The zero-order chi connectivity index (χ0) is 11.7. The Hall–Kier alpha value is -0.670. The maximum absolute atomic E-state index is 4.31. The van der Waals surface area contributed by atoms with Crippen molar-refractivity contribution in [2.24, 2.45) is 5.92 Å². The van der Waals surface area contributed by atoms with Crippen molar-refractivity contribution in [3.63, 3.8) is 0 Å². The highest BCUT2D eigenvalue weighted by Crippen LogP contribution is 2.34. The van der Waals surface area contributed by atoms with Crippen molar-refractivity contribution >= 4 is 21.5 Å². The van der Waals surface area contributed by atoms with Crippen LogP contribution in [-0.2, 0) is 0 Å². The number of allylic oxidation sites excluding steroid dienone is 1. The SMILES string of the molecule is Brc1ccc(C2=C[C@@H]3NCCC[C@@H]3CC2)cn1. The van der Waals surface area contributed by atoms with E-state index in [4.69, 9.17) is 0 Å². The van der Waals surface area contributed by atoms with Gasteiger partial charge in [0, 0.05) is 12.2 Å². The number of fused-ring (bicyclic) bond motifs is 1. The molecule has 1 aliphatic heterocycles. The highest BCUT2D eigenvalue weighted by Gasteiger charge is 2.27. The number of hydrogen-bond acceptors (Lipinski definition) is 2. The van der Waals surface area contributed by atoms with Gasteiger partial charge in [0.25, 0.3) is 0 Å². The number of piperidine rings is 1. The molecule has 0 amide bonds. The Morgan fingerprint density at radius 2 is 2.24 bits per heavy atom. The molecule has 1 aromatic heterocycles. The van der Waals surface area contributed by atoms with Gasteiger partial charge in [-0.25, -0.2) is 4.98 Å². The fourth-order valence-corrected chi connectivity index (χ4v) is 3.18. The molecule has 2 nitrogen and oxygen atoms in total. The van der Waals surface area contributed by atoms with E-state index in [-0.39, 0.29) is 0 Å². The Kier molecular flexibility index (Phi) is 3.30. The molecule has 2 heterocycles. The molecule has 0 saturated carbocycles. The molecule has 1 N–H and O–H groups in total. The van der Waals surface area contributed by atoms with Crippen LogP contribution in [0.15, 0.2) is 29.0 Å².